The number of rotatable bonds is 4. The number of ether oxygens (including phenoxy) is 1. The average molecular weight is 244 g/mol. The smallest absolute Gasteiger partial charge is 0.188 e. The first-order valence-corrected chi connectivity index (χ1v) is 5.80. The Bertz CT molecular complexity index is 524. The predicted octanol–water partition coefficient (Wildman–Crippen LogP) is 2.14. The van der Waals surface area contributed by atoms with Gasteiger partial charge in [0, 0.05) is 12.6 Å². The highest BCUT2D eigenvalue weighted by Crippen LogP contribution is 2.24. The Morgan fingerprint density at radius 2 is 1.94 bits per heavy atom. The van der Waals surface area contributed by atoms with E-state index in [9.17, 15) is 5.21 Å². The maximum atomic E-state index is 11.2. The molecule has 1 heterocycles. The molecule has 0 fully saturated rings. The highest BCUT2D eigenvalue weighted by atomic mass is 16.5. The lowest BCUT2D eigenvalue weighted by Crippen LogP contribution is -2.26. The molecule has 0 spiro atoms. The van der Waals surface area contributed by atoms with Gasteiger partial charge >= 0.3 is 0 Å². The normalized spacial score (nSPS) is 10.3. The van der Waals surface area contributed by atoms with Crippen molar-refractivity contribution in [2.24, 2.45) is 0 Å². The first-order chi connectivity index (χ1) is 8.69. The van der Waals surface area contributed by atoms with Gasteiger partial charge in [-0.3, -0.25) is 0 Å². The van der Waals surface area contributed by atoms with E-state index in [1.807, 2.05) is 38.2 Å². The SMILES string of the molecule is CNCc1c[n+]([O-])ccc1Oc1ccc(C)cc1. The fraction of sp³-hybridized carbons (Fsp3) is 0.214. The summed E-state index contributed by atoms with van der Waals surface area (Å²) in [6.45, 7) is 2.61. The van der Waals surface area contributed by atoms with Gasteiger partial charge in [0.15, 0.2) is 12.4 Å². The maximum absolute atomic E-state index is 11.2. The van der Waals surface area contributed by atoms with Gasteiger partial charge in [0.25, 0.3) is 0 Å². The zero-order valence-corrected chi connectivity index (χ0v) is 10.5. The van der Waals surface area contributed by atoms with E-state index in [1.54, 1.807) is 6.07 Å². The molecule has 1 aromatic carbocycles. The first kappa shape index (κ1) is 12.4. The Hall–Kier alpha value is -2.07. The third kappa shape index (κ3) is 2.99. The van der Waals surface area contributed by atoms with E-state index in [2.05, 4.69) is 5.32 Å². The summed E-state index contributed by atoms with van der Waals surface area (Å²) in [5.41, 5.74) is 2.01. The maximum Gasteiger partial charge on any atom is 0.188 e. The molecule has 0 radical (unpaired) electrons. The predicted molar refractivity (Wildman–Crippen MR) is 69.4 cm³/mol. The van der Waals surface area contributed by atoms with Crippen LogP contribution in [0.4, 0.5) is 0 Å². The second-order valence-electron chi connectivity index (χ2n) is 4.14. The largest absolute Gasteiger partial charge is 0.619 e. The Balaban J connectivity index is 2.25. The third-order valence-electron chi connectivity index (χ3n) is 2.59. The van der Waals surface area contributed by atoms with Crippen LogP contribution in [0.3, 0.4) is 0 Å². The number of benzene rings is 1. The van der Waals surface area contributed by atoms with Crippen LogP contribution >= 0.6 is 0 Å². The van der Waals surface area contributed by atoms with E-state index < -0.39 is 0 Å². The molecule has 2 aromatic rings. The molecular formula is C14H16N2O2. The Kier molecular flexibility index (Phi) is 3.79. The van der Waals surface area contributed by atoms with Crippen molar-refractivity contribution in [1.82, 2.24) is 5.32 Å². The van der Waals surface area contributed by atoms with Crippen molar-refractivity contribution in [2.75, 3.05) is 7.05 Å². The van der Waals surface area contributed by atoms with E-state index in [4.69, 9.17) is 4.74 Å². The number of aromatic nitrogens is 1. The summed E-state index contributed by atoms with van der Waals surface area (Å²) in [7, 11) is 1.83. The van der Waals surface area contributed by atoms with Crippen LogP contribution in [0.1, 0.15) is 11.1 Å². The molecule has 4 heteroatoms. The number of nitrogens with one attached hydrogen (secondary N) is 1. The quantitative estimate of drug-likeness (QED) is 0.662. The summed E-state index contributed by atoms with van der Waals surface area (Å²) >= 11 is 0. The van der Waals surface area contributed by atoms with Crippen LogP contribution in [0.15, 0.2) is 42.7 Å². The Morgan fingerprint density at radius 3 is 2.61 bits per heavy atom. The molecule has 2 rings (SSSR count). The molecule has 0 atom stereocenters. The highest BCUT2D eigenvalue weighted by Gasteiger charge is 2.08. The van der Waals surface area contributed by atoms with Crippen LogP contribution in [-0.4, -0.2) is 7.05 Å². The van der Waals surface area contributed by atoms with Gasteiger partial charge in [-0.25, -0.2) is 0 Å². The van der Waals surface area contributed by atoms with Crippen LogP contribution in [0, 0.1) is 12.1 Å². The Morgan fingerprint density at radius 1 is 1.22 bits per heavy atom. The fourth-order valence-electron chi connectivity index (χ4n) is 1.66. The van der Waals surface area contributed by atoms with Crippen molar-refractivity contribution in [2.45, 2.75) is 13.5 Å². The summed E-state index contributed by atoms with van der Waals surface area (Å²) in [6.07, 6.45) is 2.95. The van der Waals surface area contributed by atoms with Crippen molar-refractivity contribution in [3.05, 3.63) is 59.1 Å². The fourth-order valence-corrected chi connectivity index (χ4v) is 1.66. The number of hydrogen-bond acceptors (Lipinski definition) is 3. The van der Waals surface area contributed by atoms with Gasteiger partial charge in [-0.2, -0.15) is 4.73 Å². The lowest BCUT2D eigenvalue weighted by atomic mass is 10.2. The molecule has 0 bridgehead atoms. The monoisotopic (exact) mass is 244 g/mol. The minimum atomic E-state index is 0.588. The van der Waals surface area contributed by atoms with Crippen molar-refractivity contribution in [3.8, 4) is 11.5 Å². The zero-order valence-electron chi connectivity index (χ0n) is 10.5. The summed E-state index contributed by atoms with van der Waals surface area (Å²) in [5, 5.41) is 14.3. The molecule has 0 amide bonds. The van der Waals surface area contributed by atoms with Crippen molar-refractivity contribution in [1.29, 1.82) is 0 Å². The minimum absolute atomic E-state index is 0.588. The molecule has 0 saturated heterocycles. The second-order valence-corrected chi connectivity index (χ2v) is 4.14. The molecule has 1 aromatic heterocycles. The molecular weight excluding hydrogens is 228 g/mol. The molecule has 94 valence electrons. The Labute approximate surface area is 106 Å². The van der Waals surface area contributed by atoms with E-state index in [0.717, 1.165) is 16.0 Å². The summed E-state index contributed by atoms with van der Waals surface area (Å²) in [6, 6.07) is 9.49. The number of pyridine rings is 1. The van der Waals surface area contributed by atoms with Gasteiger partial charge in [0.1, 0.15) is 11.5 Å². The highest BCUT2D eigenvalue weighted by molar-refractivity contribution is 5.35. The van der Waals surface area contributed by atoms with Crippen LogP contribution in [0.5, 0.6) is 11.5 Å². The van der Waals surface area contributed by atoms with Crippen molar-refractivity contribution < 1.29 is 9.47 Å². The number of hydrogen-bond donors (Lipinski definition) is 1. The summed E-state index contributed by atoms with van der Waals surface area (Å²) in [5.74, 6) is 1.46. The van der Waals surface area contributed by atoms with Gasteiger partial charge in [-0.15, -0.1) is 0 Å². The standard InChI is InChI=1S/C14H16N2O2/c1-11-3-5-13(6-4-11)18-14-7-8-16(17)10-12(14)9-15-2/h3-8,10,15H,9H2,1-2H3. The lowest BCUT2D eigenvalue weighted by molar-refractivity contribution is -0.605. The van der Waals surface area contributed by atoms with Crippen molar-refractivity contribution >= 4 is 0 Å². The topological polar surface area (TPSA) is 48.2 Å². The van der Waals surface area contributed by atoms with E-state index >= 15 is 0 Å². The van der Waals surface area contributed by atoms with E-state index in [-0.39, 0.29) is 0 Å². The van der Waals surface area contributed by atoms with Gasteiger partial charge in [0.05, 0.1) is 5.56 Å². The molecule has 0 aliphatic rings. The lowest BCUT2D eigenvalue weighted by Gasteiger charge is -2.10. The zero-order chi connectivity index (χ0) is 13.0. The van der Waals surface area contributed by atoms with Crippen LogP contribution in [0.2, 0.25) is 0 Å². The molecule has 0 saturated carbocycles. The number of nitrogens with zero attached hydrogens (tertiary/aromatic N) is 1. The minimum Gasteiger partial charge on any atom is -0.619 e. The summed E-state index contributed by atoms with van der Waals surface area (Å²) < 4.78 is 6.55. The van der Waals surface area contributed by atoms with Gasteiger partial charge in [0.2, 0.25) is 0 Å². The van der Waals surface area contributed by atoms with E-state index in [1.165, 1.54) is 18.0 Å². The molecule has 4 nitrogen and oxygen atoms in total. The van der Waals surface area contributed by atoms with Crippen LogP contribution in [0.25, 0.3) is 0 Å². The molecule has 1 N–H and O–H groups in total. The molecule has 18 heavy (non-hydrogen) atoms. The van der Waals surface area contributed by atoms with Crippen LogP contribution < -0.4 is 14.8 Å². The van der Waals surface area contributed by atoms with Crippen LogP contribution in [-0.2, 0) is 6.54 Å². The summed E-state index contributed by atoms with van der Waals surface area (Å²) in [4.78, 5) is 0. The van der Waals surface area contributed by atoms with Gasteiger partial charge in [-0.1, -0.05) is 17.7 Å². The molecule has 0 aliphatic carbocycles. The molecule has 0 aliphatic heterocycles. The second kappa shape index (κ2) is 5.51. The first-order valence-electron chi connectivity index (χ1n) is 5.80. The van der Waals surface area contributed by atoms with Gasteiger partial charge in [-0.05, 0) is 26.1 Å². The third-order valence-corrected chi connectivity index (χ3v) is 2.59. The van der Waals surface area contributed by atoms with Crippen molar-refractivity contribution in [3.63, 3.8) is 0 Å². The van der Waals surface area contributed by atoms with Gasteiger partial charge < -0.3 is 15.3 Å². The van der Waals surface area contributed by atoms with E-state index in [0.29, 0.717) is 12.3 Å². The number of aryl methyl sites for hydroxylation is 1. The molecule has 0 unspecified atom stereocenters. The average Bonchev–Trinajstić information content (AvgIpc) is 2.36.